The molecule has 1 amide bonds. The first-order valence-corrected chi connectivity index (χ1v) is 9.99. The van der Waals surface area contributed by atoms with E-state index in [0.29, 0.717) is 5.91 Å². The average Bonchev–Trinajstić information content (AvgIpc) is 2.66. The van der Waals surface area contributed by atoms with E-state index in [1.807, 2.05) is 13.0 Å². The summed E-state index contributed by atoms with van der Waals surface area (Å²) in [5.74, 6) is 2.51. The number of carbonyl (C=O) groups is 1. The minimum absolute atomic E-state index is 0.269. The Labute approximate surface area is 151 Å². The molecule has 0 radical (unpaired) electrons. The van der Waals surface area contributed by atoms with Gasteiger partial charge in [0, 0.05) is 43.9 Å². The molecule has 0 aromatic carbocycles. The third-order valence-corrected chi connectivity index (χ3v) is 5.87. The first kappa shape index (κ1) is 18.2. The molecule has 0 spiro atoms. The number of unbranched alkanes of at least 4 members (excludes halogenated alkanes) is 1. The van der Waals surface area contributed by atoms with Gasteiger partial charge in [-0.05, 0) is 38.5 Å². The number of piperazine rings is 1. The summed E-state index contributed by atoms with van der Waals surface area (Å²) >= 11 is 0. The van der Waals surface area contributed by atoms with Gasteiger partial charge in [0.2, 0.25) is 5.91 Å². The molecule has 5 heteroatoms. The van der Waals surface area contributed by atoms with Crippen LogP contribution >= 0.6 is 0 Å². The standard InChI is InChI=1S/C20H32N4O/c1-3-4-5-17-6-8-18(9-7-17)20(25)24-12-10-23(11-13-24)19-14-16(2)21-15-22-19/h14-15,17-18H,3-13H2,1-2H3. The minimum Gasteiger partial charge on any atom is -0.353 e. The lowest BCUT2D eigenvalue weighted by atomic mass is 9.79. The molecule has 1 aromatic rings. The van der Waals surface area contributed by atoms with Crippen molar-refractivity contribution in [2.24, 2.45) is 11.8 Å². The van der Waals surface area contributed by atoms with Crippen molar-refractivity contribution < 1.29 is 4.79 Å². The van der Waals surface area contributed by atoms with Crippen molar-refractivity contribution in [3.05, 3.63) is 18.1 Å². The van der Waals surface area contributed by atoms with E-state index in [1.165, 1.54) is 32.1 Å². The number of anilines is 1. The molecular weight excluding hydrogens is 312 g/mol. The number of aromatic nitrogens is 2. The highest BCUT2D eigenvalue weighted by Crippen LogP contribution is 2.33. The van der Waals surface area contributed by atoms with Crippen LogP contribution in [-0.2, 0) is 4.79 Å². The van der Waals surface area contributed by atoms with Gasteiger partial charge in [-0.25, -0.2) is 9.97 Å². The van der Waals surface area contributed by atoms with Crippen LogP contribution in [0.15, 0.2) is 12.4 Å². The summed E-state index contributed by atoms with van der Waals surface area (Å²) < 4.78 is 0. The summed E-state index contributed by atoms with van der Waals surface area (Å²) in [6.45, 7) is 7.62. The van der Waals surface area contributed by atoms with E-state index < -0.39 is 0 Å². The monoisotopic (exact) mass is 344 g/mol. The van der Waals surface area contributed by atoms with E-state index in [1.54, 1.807) is 6.33 Å². The highest BCUT2D eigenvalue weighted by Gasteiger charge is 2.31. The van der Waals surface area contributed by atoms with E-state index in [-0.39, 0.29) is 5.92 Å². The topological polar surface area (TPSA) is 49.3 Å². The Kier molecular flexibility index (Phi) is 6.27. The van der Waals surface area contributed by atoms with Crippen LogP contribution < -0.4 is 4.90 Å². The average molecular weight is 345 g/mol. The maximum Gasteiger partial charge on any atom is 0.225 e. The Morgan fingerprint density at radius 2 is 1.84 bits per heavy atom. The molecule has 2 heterocycles. The molecule has 0 bridgehead atoms. The van der Waals surface area contributed by atoms with Gasteiger partial charge in [0.05, 0.1) is 0 Å². The minimum atomic E-state index is 0.269. The molecular formula is C20H32N4O. The first-order valence-electron chi connectivity index (χ1n) is 9.99. The molecule has 0 atom stereocenters. The molecule has 1 aliphatic heterocycles. The molecule has 138 valence electrons. The molecule has 5 nitrogen and oxygen atoms in total. The second-order valence-corrected chi connectivity index (χ2v) is 7.69. The summed E-state index contributed by atoms with van der Waals surface area (Å²) in [6, 6.07) is 2.02. The van der Waals surface area contributed by atoms with Crippen molar-refractivity contribution in [2.75, 3.05) is 31.1 Å². The van der Waals surface area contributed by atoms with E-state index >= 15 is 0 Å². The summed E-state index contributed by atoms with van der Waals surface area (Å²) in [6.07, 6.45) is 10.3. The normalized spacial score (nSPS) is 24.4. The molecule has 25 heavy (non-hydrogen) atoms. The number of hydrogen-bond donors (Lipinski definition) is 0. The van der Waals surface area contributed by atoms with Gasteiger partial charge in [-0.1, -0.05) is 26.2 Å². The Morgan fingerprint density at radius 1 is 1.12 bits per heavy atom. The van der Waals surface area contributed by atoms with Crippen molar-refractivity contribution in [1.29, 1.82) is 0 Å². The SMILES string of the molecule is CCCCC1CCC(C(=O)N2CCN(c3cc(C)ncn3)CC2)CC1. The number of carbonyl (C=O) groups excluding carboxylic acids is 1. The van der Waals surface area contributed by atoms with Crippen molar-refractivity contribution in [3.8, 4) is 0 Å². The lowest BCUT2D eigenvalue weighted by molar-refractivity contribution is -0.137. The highest BCUT2D eigenvalue weighted by molar-refractivity contribution is 5.79. The van der Waals surface area contributed by atoms with Crippen molar-refractivity contribution >= 4 is 11.7 Å². The molecule has 2 fully saturated rings. The van der Waals surface area contributed by atoms with Crippen LogP contribution in [0.3, 0.4) is 0 Å². The van der Waals surface area contributed by atoms with Gasteiger partial charge >= 0.3 is 0 Å². The molecule has 0 unspecified atom stereocenters. The van der Waals surface area contributed by atoms with Crippen LogP contribution in [0.4, 0.5) is 5.82 Å². The van der Waals surface area contributed by atoms with E-state index in [4.69, 9.17) is 0 Å². The molecule has 1 saturated carbocycles. The number of aryl methyl sites for hydroxylation is 1. The van der Waals surface area contributed by atoms with Gasteiger partial charge in [0.15, 0.2) is 0 Å². The van der Waals surface area contributed by atoms with Crippen LogP contribution in [0.1, 0.15) is 57.6 Å². The van der Waals surface area contributed by atoms with Gasteiger partial charge in [-0.15, -0.1) is 0 Å². The van der Waals surface area contributed by atoms with Gasteiger partial charge < -0.3 is 9.80 Å². The van der Waals surface area contributed by atoms with Gasteiger partial charge in [-0.2, -0.15) is 0 Å². The Hall–Kier alpha value is -1.65. The second-order valence-electron chi connectivity index (χ2n) is 7.69. The smallest absolute Gasteiger partial charge is 0.225 e. The maximum atomic E-state index is 12.9. The Balaban J connectivity index is 1.46. The van der Waals surface area contributed by atoms with Gasteiger partial charge in [-0.3, -0.25) is 4.79 Å². The van der Waals surface area contributed by atoms with Crippen LogP contribution in [0, 0.1) is 18.8 Å². The number of hydrogen-bond acceptors (Lipinski definition) is 4. The molecule has 3 rings (SSSR count). The first-order chi connectivity index (χ1) is 12.2. The zero-order chi connectivity index (χ0) is 17.6. The van der Waals surface area contributed by atoms with Gasteiger partial charge in [0.25, 0.3) is 0 Å². The van der Waals surface area contributed by atoms with Crippen molar-refractivity contribution in [1.82, 2.24) is 14.9 Å². The third kappa shape index (κ3) is 4.71. The van der Waals surface area contributed by atoms with Gasteiger partial charge in [0.1, 0.15) is 12.1 Å². The van der Waals surface area contributed by atoms with Crippen LogP contribution in [0.5, 0.6) is 0 Å². The fraction of sp³-hybridized carbons (Fsp3) is 0.750. The number of rotatable bonds is 5. The van der Waals surface area contributed by atoms with Crippen LogP contribution in [0.2, 0.25) is 0 Å². The molecule has 1 saturated heterocycles. The summed E-state index contributed by atoms with van der Waals surface area (Å²) in [5, 5.41) is 0. The highest BCUT2D eigenvalue weighted by atomic mass is 16.2. The second kappa shape index (κ2) is 8.63. The van der Waals surface area contributed by atoms with Crippen molar-refractivity contribution in [3.63, 3.8) is 0 Å². The number of nitrogens with zero attached hydrogens (tertiary/aromatic N) is 4. The van der Waals surface area contributed by atoms with Crippen LogP contribution in [-0.4, -0.2) is 47.0 Å². The fourth-order valence-corrected chi connectivity index (χ4v) is 4.22. The quantitative estimate of drug-likeness (QED) is 0.821. The lowest BCUT2D eigenvalue weighted by Crippen LogP contribution is -2.51. The maximum absolute atomic E-state index is 12.9. The predicted molar refractivity (Wildman–Crippen MR) is 101 cm³/mol. The Bertz CT molecular complexity index is 561. The summed E-state index contributed by atoms with van der Waals surface area (Å²) in [7, 11) is 0. The van der Waals surface area contributed by atoms with E-state index in [9.17, 15) is 4.79 Å². The molecule has 1 aliphatic carbocycles. The molecule has 0 N–H and O–H groups in total. The summed E-state index contributed by atoms with van der Waals surface area (Å²) in [4.78, 5) is 25.7. The number of amides is 1. The van der Waals surface area contributed by atoms with E-state index in [0.717, 1.165) is 56.5 Å². The van der Waals surface area contributed by atoms with Crippen LogP contribution in [0.25, 0.3) is 0 Å². The van der Waals surface area contributed by atoms with Crippen molar-refractivity contribution in [2.45, 2.75) is 58.8 Å². The lowest BCUT2D eigenvalue weighted by Gasteiger charge is -2.38. The fourth-order valence-electron chi connectivity index (χ4n) is 4.22. The zero-order valence-corrected chi connectivity index (χ0v) is 15.8. The summed E-state index contributed by atoms with van der Waals surface area (Å²) in [5.41, 5.74) is 0.989. The Morgan fingerprint density at radius 3 is 2.48 bits per heavy atom. The largest absolute Gasteiger partial charge is 0.353 e. The third-order valence-electron chi connectivity index (χ3n) is 5.87. The molecule has 2 aliphatic rings. The molecule has 1 aromatic heterocycles. The zero-order valence-electron chi connectivity index (χ0n) is 15.8. The van der Waals surface area contributed by atoms with E-state index in [2.05, 4.69) is 26.7 Å². The predicted octanol–water partition coefficient (Wildman–Crippen LogP) is 3.43.